The Balaban J connectivity index is 5.14. The highest BCUT2D eigenvalue weighted by molar-refractivity contribution is 8.55. The van der Waals surface area contributed by atoms with E-state index in [2.05, 4.69) is 4.99 Å². The van der Waals surface area contributed by atoms with Crippen molar-refractivity contribution >= 4 is 36.0 Å². The molecule has 0 bridgehead atoms. The molecule has 0 aromatic carbocycles. The van der Waals surface area contributed by atoms with Crippen LogP contribution >= 0.6 is 18.1 Å². The van der Waals surface area contributed by atoms with Gasteiger partial charge in [-0.15, -0.1) is 0 Å². The molecule has 0 unspecified atom stereocenters. The number of carbonyl (C=O) groups is 1. The number of hydrogen-bond donors (Lipinski definition) is 4. The molecule has 0 amide bonds. The normalized spacial score (nSPS) is 14.8. The average Bonchev–Trinajstić information content (AvgIpc) is 2.45. The van der Waals surface area contributed by atoms with Crippen molar-refractivity contribution in [1.29, 1.82) is 5.41 Å². The summed E-state index contributed by atoms with van der Waals surface area (Å²) in [6.07, 6.45) is 0. The van der Waals surface area contributed by atoms with Gasteiger partial charge >= 0.3 is 12.7 Å². The van der Waals surface area contributed by atoms with Crippen LogP contribution in [0, 0.1) is 5.41 Å². The van der Waals surface area contributed by atoms with Crippen LogP contribution in [0.5, 0.6) is 0 Å². The third kappa shape index (κ3) is 7.64. The lowest BCUT2D eigenvalue weighted by atomic mass is 10.3. The third-order valence-corrected chi connectivity index (χ3v) is 8.19. The van der Waals surface area contributed by atoms with Gasteiger partial charge in [0, 0.05) is 25.4 Å². The van der Waals surface area contributed by atoms with Crippen molar-refractivity contribution < 1.29 is 19.0 Å². The molecule has 0 aromatic heterocycles. The summed E-state index contributed by atoms with van der Waals surface area (Å²) in [6.45, 7) is 3.84. The topological polar surface area (TPSA) is 158 Å². The van der Waals surface area contributed by atoms with E-state index in [0.29, 0.717) is 12.3 Å². The second-order valence-corrected chi connectivity index (χ2v) is 9.97. The lowest BCUT2D eigenvalue weighted by Crippen LogP contribution is -2.41. The summed E-state index contributed by atoms with van der Waals surface area (Å²) < 4.78 is 20.2. The van der Waals surface area contributed by atoms with Crippen molar-refractivity contribution in [1.82, 2.24) is 9.57 Å². The quantitative estimate of drug-likeness (QED) is 0.242. The molecule has 0 aliphatic carbocycles. The zero-order valence-corrected chi connectivity index (χ0v) is 17.0. The SMILES string of the molecule is CCO[P@@](=O)(SCCN(C)C(=N)N=C(N)N)N(C(C)C)[C@@H](C)C(=O)O. The minimum absolute atomic E-state index is 0.119. The number of nitrogens with two attached hydrogens (primary N) is 2. The molecule has 0 fully saturated rings. The Hall–Kier alpha value is -1.29. The van der Waals surface area contributed by atoms with Crippen LogP contribution in [0.15, 0.2) is 4.99 Å². The fourth-order valence-corrected chi connectivity index (χ4v) is 7.21. The first-order valence-electron chi connectivity index (χ1n) is 7.76. The minimum Gasteiger partial charge on any atom is -0.480 e. The molecule has 0 aliphatic heterocycles. The largest absolute Gasteiger partial charge is 0.480 e. The molecule has 6 N–H and O–H groups in total. The van der Waals surface area contributed by atoms with Crippen LogP contribution in [0.25, 0.3) is 0 Å². The van der Waals surface area contributed by atoms with Crippen LogP contribution in [0.2, 0.25) is 0 Å². The van der Waals surface area contributed by atoms with Gasteiger partial charge in [0.25, 0.3) is 0 Å². The number of aliphatic imine (C=N–C) groups is 1. The maximum atomic E-state index is 13.3. The first-order chi connectivity index (χ1) is 11.5. The second kappa shape index (κ2) is 10.6. The lowest BCUT2D eigenvalue weighted by Gasteiger charge is -2.36. The van der Waals surface area contributed by atoms with Crippen molar-refractivity contribution in [2.75, 3.05) is 26.0 Å². The van der Waals surface area contributed by atoms with Gasteiger partial charge in [-0.3, -0.25) is 14.8 Å². The molecule has 10 nitrogen and oxygen atoms in total. The summed E-state index contributed by atoms with van der Waals surface area (Å²) in [5.41, 5.74) is 10.5. The Morgan fingerprint density at radius 2 is 1.96 bits per heavy atom. The lowest BCUT2D eigenvalue weighted by molar-refractivity contribution is -0.141. The molecule has 0 radical (unpaired) electrons. The van der Waals surface area contributed by atoms with Gasteiger partial charge in [-0.05, 0) is 27.7 Å². The highest BCUT2D eigenvalue weighted by atomic mass is 32.7. The Labute approximate surface area is 152 Å². The highest BCUT2D eigenvalue weighted by Gasteiger charge is 2.40. The Morgan fingerprint density at radius 1 is 1.40 bits per heavy atom. The molecule has 0 saturated heterocycles. The summed E-state index contributed by atoms with van der Waals surface area (Å²) in [5.74, 6) is -1.07. The molecule has 0 heterocycles. The molecular formula is C13H29N6O4PS. The van der Waals surface area contributed by atoms with Crippen molar-refractivity contribution in [2.45, 2.75) is 39.8 Å². The Morgan fingerprint density at radius 3 is 2.36 bits per heavy atom. The molecule has 0 aliphatic rings. The molecule has 146 valence electrons. The fraction of sp³-hybridized carbons (Fsp3) is 0.769. The van der Waals surface area contributed by atoms with Crippen molar-refractivity contribution in [3.8, 4) is 0 Å². The van der Waals surface area contributed by atoms with Crippen molar-refractivity contribution in [2.24, 2.45) is 16.5 Å². The van der Waals surface area contributed by atoms with E-state index in [4.69, 9.17) is 21.4 Å². The van der Waals surface area contributed by atoms with Crippen molar-refractivity contribution in [3.05, 3.63) is 0 Å². The predicted octanol–water partition coefficient (Wildman–Crippen LogP) is 1.19. The van der Waals surface area contributed by atoms with Crippen LogP contribution in [0.1, 0.15) is 27.7 Å². The van der Waals surface area contributed by atoms with Gasteiger partial charge < -0.3 is 26.0 Å². The molecular weight excluding hydrogens is 367 g/mol. The van der Waals surface area contributed by atoms with Crippen LogP contribution in [-0.4, -0.2) is 70.6 Å². The zero-order valence-electron chi connectivity index (χ0n) is 15.3. The summed E-state index contributed by atoms with van der Waals surface area (Å²) in [5, 5.41) is 17.0. The van der Waals surface area contributed by atoms with Gasteiger partial charge in [0.05, 0.1) is 6.61 Å². The number of guanidine groups is 2. The van der Waals surface area contributed by atoms with Crippen LogP contribution < -0.4 is 11.5 Å². The van der Waals surface area contributed by atoms with Crippen LogP contribution in [-0.2, 0) is 13.9 Å². The summed E-state index contributed by atoms with van der Waals surface area (Å²) in [7, 11) is 1.63. The predicted molar refractivity (Wildman–Crippen MR) is 102 cm³/mol. The van der Waals surface area contributed by atoms with E-state index in [-0.39, 0.29) is 24.6 Å². The van der Waals surface area contributed by atoms with Gasteiger partial charge in [-0.25, -0.2) is 4.67 Å². The van der Waals surface area contributed by atoms with E-state index in [0.717, 1.165) is 11.4 Å². The first-order valence-corrected chi connectivity index (χ1v) is 10.9. The Bertz CT molecular complexity index is 541. The van der Waals surface area contributed by atoms with E-state index in [1.807, 2.05) is 0 Å². The van der Waals surface area contributed by atoms with E-state index in [1.54, 1.807) is 27.8 Å². The molecule has 0 spiro atoms. The van der Waals surface area contributed by atoms with E-state index in [9.17, 15) is 14.5 Å². The minimum atomic E-state index is -3.42. The molecule has 2 atom stereocenters. The first kappa shape index (κ1) is 23.7. The third-order valence-electron chi connectivity index (χ3n) is 3.14. The fourth-order valence-electron chi connectivity index (χ4n) is 2.00. The summed E-state index contributed by atoms with van der Waals surface area (Å²) in [6, 6.07) is -1.24. The van der Waals surface area contributed by atoms with E-state index < -0.39 is 18.7 Å². The van der Waals surface area contributed by atoms with Gasteiger partial charge in [-0.1, -0.05) is 11.4 Å². The van der Waals surface area contributed by atoms with Gasteiger partial charge in [0.1, 0.15) is 6.04 Å². The molecule has 0 aromatic rings. The maximum Gasteiger partial charge on any atom is 0.330 e. The number of hydrogen-bond acceptors (Lipinski definition) is 5. The smallest absolute Gasteiger partial charge is 0.330 e. The van der Waals surface area contributed by atoms with Crippen LogP contribution in [0.3, 0.4) is 0 Å². The summed E-state index contributed by atoms with van der Waals surface area (Å²) >= 11 is 1.04. The van der Waals surface area contributed by atoms with Crippen molar-refractivity contribution in [3.63, 3.8) is 0 Å². The molecule has 0 rings (SSSR count). The van der Waals surface area contributed by atoms with E-state index in [1.165, 1.54) is 16.5 Å². The summed E-state index contributed by atoms with van der Waals surface area (Å²) in [4.78, 5) is 16.5. The average molecular weight is 396 g/mol. The molecule has 12 heteroatoms. The van der Waals surface area contributed by atoms with E-state index >= 15 is 0 Å². The number of nitrogens with zero attached hydrogens (tertiary/aromatic N) is 3. The molecule has 0 saturated carbocycles. The van der Waals surface area contributed by atoms with Crippen LogP contribution in [0.4, 0.5) is 0 Å². The number of rotatable bonds is 10. The zero-order chi connectivity index (χ0) is 19.8. The number of nitrogens with one attached hydrogen (secondary N) is 1. The standard InChI is InChI=1S/C13H29N6O4PS/c1-6-23-24(22,19(9(2)3)10(4)11(20)21)25-8-7-18(5)13(16)17-12(14)15/h9-10H,6-8H2,1-5H3,(H,20,21)(H5,14,15,16,17)/t10-,24+/m0/s1. The number of carboxylic acids is 1. The highest BCUT2D eigenvalue weighted by Crippen LogP contribution is 2.64. The monoisotopic (exact) mass is 396 g/mol. The number of carboxylic acid groups (broad SMARTS) is 1. The number of aliphatic carboxylic acids is 1. The second-order valence-electron chi connectivity index (χ2n) is 5.49. The Kier molecular flexibility index (Phi) is 10.1. The van der Waals surface area contributed by atoms with Gasteiger partial charge in [0.15, 0.2) is 5.96 Å². The van der Waals surface area contributed by atoms with Gasteiger partial charge in [-0.2, -0.15) is 4.99 Å². The van der Waals surface area contributed by atoms with Gasteiger partial charge in [0.2, 0.25) is 5.96 Å². The maximum absolute atomic E-state index is 13.3. The molecule has 25 heavy (non-hydrogen) atoms.